The van der Waals surface area contributed by atoms with Gasteiger partial charge in [-0.3, -0.25) is 4.79 Å². The first kappa shape index (κ1) is 11.6. The minimum atomic E-state index is -0.751. The highest BCUT2D eigenvalue weighted by Gasteiger charge is 2.50. The molecule has 2 rings (SSSR count). The van der Waals surface area contributed by atoms with Gasteiger partial charge in [-0.25, -0.2) is 0 Å². The maximum atomic E-state index is 11.6. The zero-order valence-electron chi connectivity index (χ0n) is 8.56. The van der Waals surface area contributed by atoms with Crippen molar-refractivity contribution in [1.29, 1.82) is 0 Å². The molecule has 2 saturated heterocycles. The quantitative estimate of drug-likeness (QED) is 0.640. The number of carbonyl (C=O) groups excluding carboxylic acids is 1. The number of methoxy groups -OCH3 is 1. The molecule has 2 heterocycles. The lowest BCUT2D eigenvalue weighted by atomic mass is 10.2. The summed E-state index contributed by atoms with van der Waals surface area (Å²) < 4.78 is 16.1. The van der Waals surface area contributed by atoms with Gasteiger partial charge in [0.1, 0.15) is 0 Å². The molecule has 15 heavy (non-hydrogen) atoms. The molecule has 1 spiro atoms. The molecule has 0 aromatic rings. The molecule has 4 nitrogen and oxygen atoms in total. The van der Waals surface area contributed by atoms with Crippen LogP contribution in [0.25, 0.3) is 0 Å². The molecule has 0 saturated carbocycles. The van der Waals surface area contributed by atoms with Crippen LogP contribution >= 0.6 is 23.5 Å². The van der Waals surface area contributed by atoms with Gasteiger partial charge < -0.3 is 14.2 Å². The molecule has 0 N–H and O–H groups in total. The van der Waals surface area contributed by atoms with E-state index in [1.54, 1.807) is 23.5 Å². The Morgan fingerprint density at radius 3 is 2.80 bits per heavy atom. The maximum Gasteiger partial charge on any atom is 0.324 e. The van der Waals surface area contributed by atoms with Crippen LogP contribution in [0.2, 0.25) is 0 Å². The second-order valence-corrected chi connectivity index (χ2v) is 5.65. The predicted octanol–water partition coefficient (Wildman–Crippen LogP) is 0.751. The first-order chi connectivity index (χ1) is 7.28. The molecule has 0 bridgehead atoms. The van der Waals surface area contributed by atoms with Crippen molar-refractivity contribution in [3.05, 3.63) is 0 Å². The van der Waals surface area contributed by atoms with Gasteiger partial charge in [-0.1, -0.05) is 0 Å². The largest absolute Gasteiger partial charge is 0.468 e. The number of rotatable bonds is 1. The lowest BCUT2D eigenvalue weighted by Crippen LogP contribution is -2.56. The molecular weight excluding hydrogens is 236 g/mol. The molecule has 2 atom stereocenters. The Hall–Kier alpha value is 0.0900. The first-order valence-corrected chi connectivity index (χ1v) is 7.04. The van der Waals surface area contributed by atoms with Crippen molar-refractivity contribution in [2.45, 2.75) is 11.0 Å². The van der Waals surface area contributed by atoms with E-state index in [1.165, 1.54) is 7.11 Å². The molecule has 2 fully saturated rings. The van der Waals surface area contributed by atoms with Gasteiger partial charge in [0.15, 0.2) is 11.0 Å². The zero-order chi connectivity index (χ0) is 10.7. The van der Waals surface area contributed by atoms with Crippen LogP contribution in [0.5, 0.6) is 0 Å². The summed E-state index contributed by atoms with van der Waals surface area (Å²) >= 11 is 3.32. The average molecular weight is 250 g/mol. The lowest BCUT2D eigenvalue weighted by molar-refractivity contribution is -0.225. The number of thioether (sulfide) groups is 2. The summed E-state index contributed by atoms with van der Waals surface area (Å²) in [7, 11) is 1.40. The van der Waals surface area contributed by atoms with Crippen molar-refractivity contribution >= 4 is 29.5 Å². The van der Waals surface area contributed by atoms with Crippen LogP contribution in [0.3, 0.4) is 0 Å². The van der Waals surface area contributed by atoms with E-state index in [9.17, 15) is 4.79 Å². The van der Waals surface area contributed by atoms with Crippen LogP contribution in [0.15, 0.2) is 0 Å². The Labute approximate surface area is 97.4 Å². The van der Waals surface area contributed by atoms with Gasteiger partial charge in [-0.2, -0.15) is 11.8 Å². The van der Waals surface area contributed by atoms with Crippen molar-refractivity contribution in [1.82, 2.24) is 0 Å². The third kappa shape index (κ3) is 2.27. The average Bonchev–Trinajstić information content (AvgIpc) is 2.30. The normalized spacial score (nSPS) is 36.5. The Balaban J connectivity index is 2.13. The summed E-state index contributed by atoms with van der Waals surface area (Å²) in [5.41, 5.74) is 0. The molecule has 0 aliphatic carbocycles. The molecule has 0 aromatic heterocycles. The van der Waals surface area contributed by atoms with E-state index >= 15 is 0 Å². The highest BCUT2D eigenvalue weighted by Crippen LogP contribution is 2.38. The minimum Gasteiger partial charge on any atom is -0.468 e. The van der Waals surface area contributed by atoms with Gasteiger partial charge in [0.2, 0.25) is 0 Å². The molecular formula is C9H14O4S2. The lowest BCUT2D eigenvalue weighted by Gasteiger charge is -2.43. The second kappa shape index (κ2) is 4.95. The molecule has 0 radical (unpaired) electrons. The first-order valence-electron chi connectivity index (χ1n) is 4.83. The fourth-order valence-corrected chi connectivity index (χ4v) is 3.89. The van der Waals surface area contributed by atoms with Crippen molar-refractivity contribution < 1.29 is 19.0 Å². The van der Waals surface area contributed by atoms with Gasteiger partial charge in [0.05, 0.1) is 20.3 Å². The third-order valence-electron chi connectivity index (χ3n) is 2.41. The number of hydrogen-bond donors (Lipinski definition) is 0. The summed E-state index contributed by atoms with van der Waals surface area (Å²) in [6, 6.07) is 0. The van der Waals surface area contributed by atoms with Crippen molar-refractivity contribution in [2.75, 3.05) is 37.6 Å². The summed E-state index contributed by atoms with van der Waals surface area (Å²) in [6.45, 7) is 1.28. The summed E-state index contributed by atoms with van der Waals surface area (Å²) in [5, 5.41) is -0.343. The topological polar surface area (TPSA) is 44.8 Å². The molecule has 2 aliphatic heterocycles. The molecule has 0 amide bonds. The Bertz CT molecular complexity index is 232. The maximum absolute atomic E-state index is 11.6. The number of ether oxygens (including phenoxy) is 3. The molecule has 86 valence electrons. The van der Waals surface area contributed by atoms with Gasteiger partial charge in [0, 0.05) is 17.3 Å². The predicted molar refractivity (Wildman–Crippen MR) is 60.2 cm³/mol. The standard InChI is InChI=1S/C9H14O4S2/c1-11-8(10)7-9(13-3-5-15-7)6-14-4-2-12-9/h7H,2-6H2,1H3. The monoisotopic (exact) mass is 250 g/mol. The van der Waals surface area contributed by atoms with Gasteiger partial charge in [-0.15, -0.1) is 11.8 Å². The molecule has 2 unspecified atom stereocenters. The zero-order valence-corrected chi connectivity index (χ0v) is 10.2. The molecule has 2 aliphatic rings. The van der Waals surface area contributed by atoms with Crippen LogP contribution in [-0.4, -0.2) is 54.6 Å². The Morgan fingerprint density at radius 2 is 2.13 bits per heavy atom. The van der Waals surface area contributed by atoms with Gasteiger partial charge >= 0.3 is 5.97 Å². The molecule has 6 heteroatoms. The van der Waals surface area contributed by atoms with E-state index in [0.717, 1.165) is 11.5 Å². The van der Waals surface area contributed by atoms with E-state index < -0.39 is 5.79 Å². The van der Waals surface area contributed by atoms with Crippen LogP contribution < -0.4 is 0 Å². The smallest absolute Gasteiger partial charge is 0.324 e. The Kier molecular flexibility index (Phi) is 3.82. The van der Waals surface area contributed by atoms with Crippen molar-refractivity contribution in [3.8, 4) is 0 Å². The summed E-state index contributed by atoms with van der Waals surface area (Å²) in [6.07, 6.45) is 0. The Morgan fingerprint density at radius 1 is 1.40 bits per heavy atom. The highest BCUT2D eigenvalue weighted by molar-refractivity contribution is 8.01. The fraction of sp³-hybridized carbons (Fsp3) is 0.889. The molecule has 0 aromatic carbocycles. The van der Waals surface area contributed by atoms with Crippen LogP contribution in [0, 0.1) is 0 Å². The number of esters is 1. The van der Waals surface area contributed by atoms with Crippen molar-refractivity contribution in [3.63, 3.8) is 0 Å². The highest BCUT2D eigenvalue weighted by atomic mass is 32.2. The second-order valence-electron chi connectivity index (χ2n) is 3.34. The minimum absolute atomic E-state index is 0.248. The third-order valence-corrected chi connectivity index (χ3v) is 4.76. The van der Waals surface area contributed by atoms with Crippen LogP contribution in [0.4, 0.5) is 0 Å². The van der Waals surface area contributed by atoms with Crippen LogP contribution in [-0.2, 0) is 19.0 Å². The van der Waals surface area contributed by atoms with Crippen LogP contribution in [0.1, 0.15) is 0 Å². The van der Waals surface area contributed by atoms with E-state index in [0.29, 0.717) is 19.0 Å². The van der Waals surface area contributed by atoms with E-state index in [-0.39, 0.29) is 11.2 Å². The summed E-state index contributed by atoms with van der Waals surface area (Å²) in [4.78, 5) is 11.6. The van der Waals surface area contributed by atoms with Crippen molar-refractivity contribution in [2.24, 2.45) is 0 Å². The SMILES string of the molecule is COC(=O)C1SCCOC12CSCCO2. The number of carbonyl (C=O) groups is 1. The number of hydrogen-bond acceptors (Lipinski definition) is 6. The van der Waals surface area contributed by atoms with E-state index in [1.807, 2.05) is 0 Å². The van der Waals surface area contributed by atoms with E-state index in [2.05, 4.69) is 0 Å². The van der Waals surface area contributed by atoms with Gasteiger partial charge in [-0.05, 0) is 0 Å². The fourth-order valence-electron chi connectivity index (χ4n) is 1.70. The van der Waals surface area contributed by atoms with Gasteiger partial charge in [0.25, 0.3) is 0 Å². The van der Waals surface area contributed by atoms with E-state index in [4.69, 9.17) is 14.2 Å². The summed E-state index contributed by atoms with van der Waals surface area (Å²) in [5.74, 6) is 1.49.